The van der Waals surface area contributed by atoms with Crippen LogP contribution in [0.4, 0.5) is 0 Å². The van der Waals surface area contributed by atoms with Crippen LogP contribution in [0, 0.1) is 20.8 Å². The molecule has 1 aliphatic heterocycles. The molecule has 1 heterocycles. The summed E-state index contributed by atoms with van der Waals surface area (Å²) in [6, 6.07) is 4.35. The number of nitrogens with one attached hydrogen (secondary N) is 1. The third kappa shape index (κ3) is 3.47. The first-order valence-electron chi connectivity index (χ1n) is 7.67. The van der Waals surface area contributed by atoms with Crippen molar-refractivity contribution >= 4 is 10.0 Å². The predicted molar refractivity (Wildman–Crippen MR) is 86.1 cm³/mol. The number of nitrogens with zero attached hydrogens (tertiary/aromatic N) is 1. The number of piperidine rings is 1. The number of rotatable bonds is 4. The summed E-state index contributed by atoms with van der Waals surface area (Å²) in [6.45, 7) is 10.0. The first kappa shape index (κ1) is 16.5. The molecule has 1 N–H and O–H groups in total. The maximum absolute atomic E-state index is 12.9. The highest BCUT2D eigenvalue weighted by molar-refractivity contribution is 7.89. The molecule has 0 spiro atoms. The van der Waals surface area contributed by atoms with Crippen LogP contribution < -0.4 is 5.32 Å². The van der Waals surface area contributed by atoms with Gasteiger partial charge >= 0.3 is 0 Å². The van der Waals surface area contributed by atoms with E-state index in [9.17, 15) is 8.42 Å². The maximum atomic E-state index is 12.9. The number of aryl methyl sites for hydroxylation is 3. The van der Waals surface area contributed by atoms with Crippen LogP contribution in [0.25, 0.3) is 0 Å². The molecule has 2 rings (SSSR count). The molecule has 21 heavy (non-hydrogen) atoms. The van der Waals surface area contributed by atoms with E-state index in [1.54, 1.807) is 4.31 Å². The van der Waals surface area contributed by atoms with E-state index >= 15 is 0 Å². The van der Waals surface area contributed by atoms with E-state index in [1.165, 1.54) is 0 Å². The fourth-order valence-electron chi connectivity index (χ4n) is 3.29. The Morgan fingerprint density at radius 1 is 1.14 bits per heavy atom. The molecule has 1 fully saturated rings. The van der Waals surface area contributed by atoms with Crippen molar-refractivity contribution in [3.8, 4) is 0 Å². The van der Waals surface area contributed by atoms with Crippen molar-refractivity contribution < 1.29 is 8.42 Å². The Kier molecular flexibility index (Phi) is 5.07. The van der Waals surface area contributed by atoms with E-state index in [2.05, 4.69) is 12.2 Å². The smallest absolute Gasteiger partial charge is 0.243 e. The summed E-state index contributed by atoms with van der Waals surface area (Å²) in [4.78, 5) is 0.495. The van der Waals surface area contributed by atoms with Crippen LogP contribution in [-0.4, -0.2) is 38.4 Å². The van der Waals surface area contributed by atoms with Gasteiger partial charge in [-0.2, -0.15) is 4.31 Å². The van der Waals surface area contributed by atoms with Gasteiger partial charge < -0.3 is 5.32 Å². The van der Waals surface area contributed by atoms with Crippen LogP contribution in [0.1, 0.15) is 36.5 Å². The molecule has 0 unspecified atom stereocenters. The highest BCUT2D eigenvalue weighted by Crippen LogP contribution is 2.27. The number of hydrogen-bond donors (Lipinski definition) is 1. The fourth-order valence-corrected chi connectivity index (χ4v) is 5.17. The summed E-state index contributed by atoms with van der Waals surface area (Å²) in [5.74, 6) is 0. The second-order valence-electron chi connectivity index (χ2n) is 5.96. The number of hydrogen-bond acceptors (Lipinski definition) is 3. The van der Waals surface area contributed by atoms with Crippen molar-refractivity contribution in [2.45, 2.75) is 51.5 Å². The van der Waals surface area contributed by atoms with Gasteiger partial charge in [0.1, 0.15) is 0 Å². The van der Waals surface area contributed by atoms with Crippen LogP contribution in [-0.2, 0) is 10.0 Å². The monoisotopic (exact) mass is 310 g/mol. The Balaban J connectivity index is 2.24. The van der Waals surface area contributed by atoms with E-state index in [4.69, 9.17) is 0 Å². The third-order valence-corrected chi connectivity index (χ3v) is 6.35. The van der Waals surface area contributed by atoms with E-state index in [0.29, 0.717) is 24.0 Å². The van der Waals surface area contributed by atoms with E-state index in [0.717, 1.165) is 36.1 Å². The van der Waals surface area contributed by atoms with Crippen molar-refractivity contribution in [3.05, 3.63) is 28.8 Å². The zero-order valence-corrected chi connectivity index (χ0v) is 14.3. The minimum atomic E-state index is -3.37. The first-order chi connectivity index (χ1) is 9.86. The topological polar surface area (TPSA) is 49.4 Å². The van der Waals surface area contributed by atoms with Gasteiger partial charge in [-0.25, -0.2) is 8.42 Å². The summed E-state index contributed by atoms with van der Waals surface area (Å²) in [6.07, 6.45) is 1.77. The summed E-state index contributed by atoms with van der Waals surface area (Å²) in [5.41, 5.74) is 2.80. The molecule has 0 bridgehead atoms. The Bertz CT molecular complexity index is 580. The Morgan fingerprint density at radius 2 is 1.67 bits per heavy atom. The summed E-state index contributed by atoms with van der Waals surface area (Å²) in [7, 11) is -3.37. The molecule has 0 radical (unpaired) electrons. The van der Waals surface area contributed by atoms with Gasteiger partial charge in [-0.3, -0.25) is 0 Å². The average molecular weight is 310 g/mol. The normalized spacial score (nSPS) is 18.1. The quantitative estimate of drug-likeness (QED) is 0.929. The van der Waals surface area contributed by atoms with Gasteiger partial charge in [-0.15, -0.1) is 0 Å². The van der Waals surface area contributed by atoms with Crippen LogP contribution in [0.2, 0.25) is 0 Å². The van der Waals surface area contributed by atoms with E-state index in [-0.39, 0.29) is 0 Å². The largest absolute Gasteiger partial charge is 0.314 e. The van der Waals surface area contributed by atoms with Crippen LogP contribution >= 0.6 is 0 Å². The lowest BCUT2D eigenvalue weighted by Gasteiger charge is -2.32. The van der Waals surface area contributed by atoms with Crippen molar-refractivity contribution in [1.82, 2.24) is 9.62 Å². The minimum Gasteiger partial charge on any atom is -0.314 e. The molecule has 1 aromatic rings. The van der Waals surface area contributed by atoms with Gasteiger partial charge in [0.15, 0.2) is 0 Å². The molecular weight excluding hydrogens is 284 g/mol. The van der Waals surface area contributed by atoms with Gasteiger partial charge in [-0.1, -0.05) is 24.6 Å². The molecule has 0 atom stereocenters. The Morgan fingerprint density at radius 3 is 2.14 bits per heavy atom. The van der Waals surface area contributed by atoms with Crippen LogP contribution in [0.3, 0.4) is 0 Å². The predicted octanol–water partition coefficient (Wildman–Crippen LogP) is 2.37. The summed E-state index contributed by atoms with van der Waals surface area (Å²) < 4.78 is 27.5. The molecule has 4 nitrogen and oxygen atoms in total. The number of sulfonamides is 1. The molecular formula is C16H26N2O2S. The second-order valence-corrected chi connectivity index (χ2v) is 7.84. The molecule has 0 aromatic heterocycles. The molecule has 0 amide bonds. The van der Waals surface area contributed by atoms with Crippen molar-refractivity contribution in [2.75, 3.05) is 19.6 Å². The fraction of sp³-hybridized carbons (Fsp3) is 0.625. The van der Waals surface area contributed by atoms with Gasteiger partial charge in [0.25, 0.3) is 0 Å². The van der Waals surface area contributed by atoms with Crippen molar-refractivity contribution in [1.29, 1.82) is 0 Å². The van der Waals surface area contributed by atoms with Crippen molar-refractivity contribution in [3.63, 3.8) is 0 Å². The minimum absolute atomic E-state index is 0.446. The van der Waals surface area contributed by atoms with Crippen LogP contribution in [0.5, 0.6) is 0 Å². The lowest BCUT2D eigenvalue weighted by Crippen LogP contribution is -2.45. The molecule has 5 heteroatoms. The Hall–Kier alpha value is -0.910. The Labute approximate surface area is 128 Å². The van der Waals surface area contributed by atoms with Gasteiger partial charge in [0.05, 0.1) is 4.90 Å². The third-order valence-electron chi connectivity index (χ3n) is 4.15. The standard InChI is InChI=1S/C16H26N2O2S/c1-5-17-15-6-8-18(9-7-15)21(19,20)16-13(3)10-12(2)11-14(16)4/h10-11,15,17H,5-9H2,1-4H3. The highest BCUT2D eigenvalue weighted by atomic mass is 32.2. The van der Waals surface area contributed by atoms with Crippen molar-refractivity contribution in [2.24, 2.45) is 0 Å². The average Bonchev–Trinajstić information content (AvgIpc) is 2.38. The zero-order chi connectivity index (χ0) is 15.6. The number of benzene rings is 1. The maximum Gasteiger partial charge on any atom is 0.243 e. The lowest BCUT2D eigenvalue weighted by molar-refractivity contribution is 0.292. The van der Waals surface area contributed by atoms with Gasteiger partial charge in [0.2, 0.25) is 10.0 Å². The van der Waals surface area contributed by atoms with Gasteiger partial charge in [-0.05, 0) is 51.3 Å². The molecule has 0 aliphatic carbocycles. The zero-order valence-electron chi connectivity index (χ0n) is 13.4. The summed E-state index contributed by atoms with van der Waals surface area (Å²) >= 11 is 0. The molecule has 118 valence electrons. The highest BCUT2D eigenvalue weighted by Gasteiger charge is 2.31. The SMILES string of the molecule is CCNC1CCN(S(=O)(=O)c2c(C)cc(C)cc2C)CC1. The van der Waals surface area contributed by atoms with Crippen LogP contribution in [0.15, 0.2) is 17.0 Å². The molecule has 1 aliphatic rings. The summed E-state index contributed by atoms with van der Waals surface area (Å²) in [5, 5.41) is 3.40. The van der Waals surface area contributed by atoms with Gasteiger partial charge in [0, 0.05) is 19.1 Å². The van der Waals surface area contributed by atoms with E-state index in [1.807, 2.05) is 32.9 Å². The lowest BCUT2D eigenvalue weighted by atomic mass is 10.1. The molecule has 1 aromatic carbocycles. The van der Waals surface area contributed by atoms with E-state index < -0.39 is 10.0 Å². The molecule has 0 saturated carbocycles. The first-order valence-corrected chi connectivity index (χ1v) is 9.11. The molecule has 1 saturated heterocycles. The second kappa shape index (κ2) is 6.46.